The van der Waals surface area contributed by atoms with Gasteiger partial charge in [0, 0.05) is 37.5 Å². The van der Waals surface area contributed by atoms with Crippen LogP contribution in [0.25, 0.3) is 98.5 Å². The third-order valence-electron chi connectivity index (χ3n) is 9.80. The number of aromatic nitrogens is 1. The van der Waals surface area contributed by atoms with Gasteiger partial charge in [-0.1, -0.05) is 146 Å². The van der Waals surface area contributed by atoms with Crippen molar-refractivity contribution in [2.75, 3.05) is 0 Å². The van der Waals surface area contributed by atoms with Crippen LogP contribution in [0.4, 0.5) is 0 Å². The fourth-order valence-electron chi connectivity index (χ4n) is 7.44. The maximum absolute atomic E-state index is 5.02. The van der Waals surface area contributed by atoms with E-state index >= 15 is 0 Å². The van der Waals surface area contributed by atoms with E-state index in [1.807, 2.05) is 30.5 Å². The maximum Gasteiger partial charge on any atom is 0.0702 e. The molecule has 0 amide bonds. The molecule has 9 aromatic rings. The van der Waals surface area contributed by atoms with E-state index in [0.717, 1.165) is 16.8 Å². The summed E-state index contributed by atoms with van der Waals surface area (Å²) in [5.74, 6) is 0. The molecule has 0 unspecified atom stereocenters. The molecule has 53 heavy (non-hydrogen) atoms. The van der Waals surface area contributed by atoms with Crippen molar-refractivity contribution in [1.82, 2.24) is 4.98 Å². The summed E-state index contributed by atoms with van der Waals surface area (Å²) in [5.41, 5.74) is 11.7. The SMILES string of the molecule is C=CC.C=Cc1cc2sc3ccc(-c4ccc(-c5ccc(-c6c7ccccc7c(-c7ccccc7)c7ccccc67)cn5)cc4)cc3c2cc1/C=C\C. The zero-order valence-corrected chi connectivity index (χ0v) is 30.8. The molecule has 7 aromatic carbocycles. The first-order valence-electron chi connectivity index (χ1n) is 18.0. The quantitative estimate of drug-likeness (QED) is 0.124. The third-order valence-corrected chi connectivity index (χ3v) is 10.9. The molecule has 2 aromatic heterocycles. The van der Waals surface area contributed by atoms with Crippen LogP contribution in [-0.4, -0.2) is 4.98 Å². The van der Waals surface area contributed by atoms with Gasteiger partial charge in [0.2, 0.25) is 0 Å². The van der Waals surface area contributed by atoms with Gasteiger partial charge in [-0.15, -0.1) is 17.9 Å². The molecule has 0 N–H and O–H groups in total. The zero-order valence-electron chi connectivity index (χ0n) is 30.0. The summed E-state index contributed by atoms with van der Waals surface area (Å²) in [6, 6.07) is 52.8. The standard InChI is InChI=1S/C48H33NS.C3H6/c1-3-12-35-27-43-42-28-36(24-26-45(42)50-46(43)29-31(35)4-2)32-19-21-33(22-20-32)44-25-23-37(30-49-44)48-40-17-10-8-15-38(40)47(34-13-6-5-7-14-34)39-16-9-11-18-41(39)48;1-3-2/h3-30H,2H2,1H3;3H,1H2,2H3/b12-3-;. The molecule has 2 heterocycles. The number of rotatable bonds is 6. The number of thiophene rings is 1. The van der Waals surface area contributed by atoms with Gasteiger partial charge in [0.05, 0.1) is 5.69 Å². The van der Waals surface area contributed by atoms with Crippen LogP contribution >= 0.6 is 11.3 Å². The second kappa shape index (κ2) is 14.7. The highest BCUT2D eigenvalue weighted by Crippen LogP contribution is 2.44. The van der Waals surface area contributed by atoms with Crippen molar-refractivity contribution in [2.24, 2.45) is 0 Å². The Bertz CT molecular complexity index is 2740. The summed E-state index contributed by atoms with van der Waals surface area (Å²) in [6.45, 7) is 11.3. The van der Waals surface area contributed by atoms with Gasteiger partial charge in [0.1, 0.15) is 0 Å². The van der Waals surface area contributed by atoms with E-state index in [2.05, 4.69) is 178 Å². The first-order valence-corrected chi connectivity index (χ1v) is 18.8. The molecule has 0 aliphatic heterocycles. The molecular weight excluding hydrogens is 659 g/mol. The Labute approximate surface area is 315 Å². The van der Waals surface area contributed by atoms with Crippen molar-refractivity contribution in [1.29, 1.82) is 0 Å². The molecule has 0 aliphatic rings. The Kier molecular flexibility index (Phi) is 9.38. The normalized spacial score (nSPS) is 11.3. The molecule has 2 heteroatoms. The Morgan fingerprint density at radius 3 is 1.60 bits per heavy atom. The van der Waals surface area contributed by atoms with Gasteiger partial charge in [-0.3, -0.25) is 4.98 Å². The lowest BCUT2D eigenvalue weighted by molar-refractivity contribution is 1.33. The Morgan fingerprint density at radius 1 is 0.472 bits per heavy atom. The van der Waals surface area contributed by atoms with Crippen LogP contribution < -0.4 is 0 Å². The summed E-state index contributed by atoms with van der Waals surface area (Å²) in [6.07, 6.45) is 9.98. The molecule has 0 atom stereocenters. The lowest BCUT2D eigenvalue weighted by Crippen LogP contribution is -1.92. The summed E-state index contributed by atoms with van der Waals surface area (Å²) in [5, 5.41) is 7.56. The Hall–Kier alpha value is -6.35. The first kappa shape index (κ1) is 33.8. The fourth-order valence-corrected chi connectivity index (χ4v) is 8.55. The highest BCUT2D eigenvalue weighted by Gasteiger charge is 2.17. The Balaban J connectivity index is 0.00000129. The number of benzene rings is 7. The minimum Gasteiger partial charge on any atom is -0.256 e. The molecule has 1 nitrogen and oxygen atoms in total. The number of hydrogen-bond acceptors (Lipinski definition) is 2. The van der Waals surface area contributed by atoms with Gasteiger partial charge in [-0.2, -0.15) is 0 Å². The predicted molar refractivity (Wildman–Crippen MR) is 235 cm³/mol. The van der Waals surface area contributed by atoms with Gasteiger partial charge < -0.3 is 0 Å². The van der Waals surface area contributed by atoms with Crippen LogP contribution in [0.2, 0.25) is 0 Å². The molecule has 0 saturated heterocycles. The van der Waals surface area contributed by atoms with E-state index in [-0.39, 0.29) is 0 Å². The van der Waals surface area contributed by atoms with Crippen molar-refractivity contribution in [2.45, 2.75) is 13.8 Å². The average molecular weight is 698 g/mol. The van der Waals surface area contributed by atoms with E-state index in [9.17, 15) is 0 Å². The number of nitrogens with zero attached hydrogens (tertiary/aromatic N) is 1. The zero-order chi connectivity index (χ0) is 36.3. The molecule has 9 rings (SSSR count). The average Bonchev–Trinajstić information content (AvgIpc) is 3.57. The van der Waals surface area contributed by atoms with E-state index in [1.165, 1.54) is 80.7 Å². The Morgan fingerprint density at radius 2 is 1.02 bits per heavy atom. The van der Waals surface area contributed by atoms with Crippen LogP contribution in [0.5, 0.6) is 0 Å². The summed E-state index contributed by atoms with van der Waals surface area (Å²) in [4.78, 5) is 5.02. The summed E-state index contributed by atoms with van der Waals surface area (Å²) < 4.78 is 2.59. The van der Waals surface area contributed by atoms with Crippen LogP contribution in [0, 0.1) is 0 Å². The van der Waals surface area contributed by atoms with Crippen molar-refractivity contribution in [3.05, 3.63) is 188 Å². The van der Waals surface area contributed by atoms with Crippen LogP contribution in [0.15, 0.2) is 177 Å². The van der Waals surface area contributed by atoms with E-state index in [4.69, 9.17) is 4.98 Å². The smallest absolute Gasteiger partial charge is 0.0702 e. The largest absolute Gasteiger partial charge is 0.256 e. The predicted octanol–water partition coefficient (Wildman–Crippen LogP) is 15.3. The van der Waals surface area contributed by atoms with Crippen molar-refractivity contribution in [3.63, 3.8) is 0 Å². The summed E-state index contributed by atoms with van der Waals surface area (Å²) in [7, 11) is 0. The molecule has 254 valence electrons. The van der Waals surface area contributed by atoms with E-state index < -0.39 is 0 Å². The van der Waals surface area contributed by atoms with Crippen LogP contribution in [-0.2, 0) is 0 Å². The molecule has 0 aliphatic carbocycles. The van der Waals surface area contributed by atoms with Crippen molar-refractivity contribution in [3.8, 4) is 44.6 Å². The second-order valence-corrected chi connectivity index (χ2v) is 14.2. The number of hydrogen-bond donors (Lipinski definition) is 0. The molecule has 0 bridgehead atoms. The molecule has 0 fully saturated rings. The van der Waals surface area contributed by atoms with Crippen molar-refractivity contribution >= 4 is 65.2 Å². The van der Waals surface area contributed by atoms with Gasteiger partial charge in [0.15, 0.2) is 0 Å². The lowest BCUT2D eigenvalue weighted by Gasteiger charge is -2.17. The van der Waals surface area contributed by atoms with E-state index in [1.54, 1.807) is 6.08 Å². The molecule has 0 radical (unpaired) electrons. The first-order chi connectivity index (χ1) is 26.1. The van der Waals surface area contributed by atoms with Gasteiger partial charge >= 0.3 is 0 Å². The minimum absolute atomic E-state index is 0.962. The molecular formula is C51H39NS. The van der Waals surface area contributed by atoms with Crippen LogP contribution in [0.3, 0.4) is 0 Å². The molecule has 0 saturated carbocycles. The summed E-state index contributed by atoms with van der Waals surface area (Å²) >= 11 is 1.84. The fraction of sp³-hybridized carbons (Fsp3) is 0.0392. The third kappa shape index (κ3) is 6.28. The molecule has 0 spiro atoms. The van der Waals surface area contributed by atoms with Crippen molar-refractivity contribution < 1.29 is 0 Å². The number of allylic oxidation sites excluding steroid dienone is 2. The highest BCUT2D eigenvalue weighted by atomic mass is 32.1. The highest BCUT2D eigenvalue weighted by molar-refractivity contribution is 7.25. The van der Waals surface area contributed by atoms with Gasteiger partial charge in [-0.25, -0.2) is 0 Å². The van der Waals surface area contributed by atoms with Gasteiger partial charge in [-0.05, 0) is 105 Å². The number of fused-ring (bicyclic) bond motifs is 5. The van der Waals surface area contributed by atoms with E-state index in [0.29, 0.717) is 0 Å². The topological polar surface area (TPSA) is 12.9 Å². The lowest BCUT2D eigenvalue weighted by atomic mass is 9.86. The maximum atomic E-state index is 5.02. The van der Waals surface area contributed by atoms with Crippen LogP contribution in [0.1, 0.15) is 25.0 Å². The number of pyridine rings is 1. The monoisotopic (exact) mass is 697 g/mol. The van der Waals surface area contributed by atoms with Gasteiger partial charge in [0.25, 0.3) is 0 Å². The second-order valence-electron chi connectivity index (χ2n) is 13.1. The minimum atomic E-state index is 0.962.